The minimum absolute atomic E-state index is 0.0458. The van der Waals surface area contributed by atoms with E-state index in [1.807, 2.05) is 6.92 Å². The highest BCUT2D eigenvalue weighted by atomic mass is 16.5. The van der Waals surface area contributed by atoms with Gasteiger partial charge in [0.05, 0.1) is 12.1 Å². The Balaban J connectivity index is 1.69. The number of hydrogen-bond donors (Lipinski definition) is 2. The Morgan fingerprint density at radius 3 is 2.79 bits per heavy atom. The van der Waals surface area contributed by atoms with Crippen molar-refractivity contribution in [3.63, 3.8) is 0 Å². The Morgan fingerprint density at radius 2 is 2.21 bits per heavy atom. The maximum atomic E-state index is 11.4. The molecule has 2 fully saturated rings. The van der Waals surface area contributed by atoms with Crippen molar-refractivity contribution in [2.24, 2.45) is 0 Å². The summed E-state index contributed by atoms with van der Waals surface area (Å²) >= 11 is 0. The monoisotopic (exact) mass is 198 g/mol. The van der Waals surface area contributed by atoms with Crippen LogP contribution in [0.15, 0.2) is 0 Å². The van der Waals surface area contributed by atoms with Gasteiger partial charge in [0.2, 0.25) is 0 Å². The molecule has 2 aliphatic rings. The van der Waals surface area contributed by atoms with Crippen molar-refractivity contribution in [3.05, 3.63) is 0 Å². The van der Waals surface area contributed by atoms with Gasteiger partial charge in [-0.25, -0.2) is 4.79 Å². The fourth-order valence-corrected chi connectivity index (χ4v) is 1.75. The third-order valence-corrected chi connectivity index (χ3v) is 2.79. The van der Waals surface area contributed by atoms with E-state index in [0.29, 0.717) is 6.04 Å². The van der Waals surface area contributed by atoms with Crippen LogP contribution in [0, 0.1) is 0 Å². The molecular weight excluding hydrogens is 180 g/mol. The van der Waals surface area contributed by atoms with E-state index in [2.05, 4.69) is 10.6 Å². The van der Waals surface area contributed by atoms with Crippen molar-refractivity contribution in [3.8, 4) is 0 Å². The number of rotatable bonds is 3. The highest BCUT2D eigenvalue weighted by Crippen LogP contribution is 2.19. The maximum absolute atomic E-state index is 11.4. The van der Waals surface area contributed by atoms with E-state index in [0.717, 1.165) is 32.3 Å². The van der Waals surface area contributed by atoms with Crippen molar-refractivity contribution in [2.75, 3.05) is 6.61 Å². The smallest absolute Gasteiger partial charge is 0.315 e. The van der Waals surface area contributed by atoms with Gasteiger partial charge in [0, 0.05) is 12.6 Å². The number of urea groups is 1. The van der Waals surface area contributed by atoms with Crippen LogP contribution in [0.5, 0.6) is 0 Å². The molecule has 2 rings (SSSR count). The van der Waals surface area contributed by atoms with Crippen LogP contribution in [0.1, 0.15) is 32.6 Å². The van der Waals surface area contributed by atoms with Gasteiger partial charge in [-0.1, -0.05) is 0 Å². The minimum Gasteiger partial charge on any atom is -0.376 e. The van der Waals surface area contributed by atoms with Gasteiger partial charge in [-0.05, 0) is 32.6 Å². The first-order valence-corrected chi connectivity index (χ1v) is 5.44. The van der Waals surface area contributed by atoms with Gasteiger partial charge in [0.25, 0.3) is 0 Å². The number of carbonyl (C=O) groups excluding carboxylic acids is 1. The van der Waals surface area contributed by atoms with Crippen LogP contribution in [-0.2, 0) is 4.74 Å². The molecule has 0 radical (unpaired) electrons. The molecule has 0 bridgehead atoms. The SMILES string of the molecule is C[C@H](NC(=O)NC1CC1)[C@H]1CCCO1. The van der Waals surface area contributed by atoms with Gasteiger partial charge in [-0.3, -0.25) is 0 Å². The van der Waals surface area contributed by atoms with Crippen molar-refractivity contribution < 1.29 is 9.53 Å². The van der Waals surface area contributed by atoms with Gasteiger partial charge < -0.3 is 15.4 Å². The van der Waals surface area contributed by atoms with E-state index < -0.39 is 0 Å². The summed E-state index contributed by atoms with van der Waals surface area (Å²) in [6.45, 7) is 2.84. The molecule has 2 amide bonds. The molecule has 4 nitrogen and oxygen atoms in total. The molecule has 0 spiro atoms. The first-order valence-electron chi connectivity index (χ1n) is 5.44. The van der Waals surface area contributed by atoms with Crippen LogP contribution in [0.3, 0.4) is 0 Å². The Labute approximate surface area is 84.4 Å². The molecule has 2 N–H and O–H groups in total. The molecule has 1 saturated carbocycles. The summed E-state index contributed by atoms with van der Waals surface area (Å²) in [6.07, 6.45) is 4.63. The Hall–Kier alpha value is -0.770. The van der Waals surface area contributed by atoms with Crippen LogP contribution in [-0.4, -0.2) is 30.8 Å². The van der Waals surface area contributed by atoms with Crippen molar-refractivity contribution in [2.45, 2.75) is 50.8 Å². The fraction of sp³-hybridized carbons (Fsp3) is 0.900. The van der Waals surface area contributed by atoms with E-state index in [4.69, 9.17) is 4.74 Å². The second-order valence-corrected chi connectivity index (χ2v) is 4.23. The van der Waals surface area contributed by atoms with Gasteiger partial charge in [0.1, 0.15) is 0 Å². The lowest BCUT2D eigenvalue weighted by molar-refractivity contribution is 0.0860. The fourth-order valence-electron chi connectivity index (χ4n) is 1.75. The zero-order valence-corrected chi connectivity index (χ0v) is 8.58. The van der Waals surface area contributed by atoms with E-state index in [-0.39, 0.29) is 18.2 Å². The zero-order valence-electron chi connectivity index (χ0n) is 8.58. The molecule has 1 aliphatic heterocycles. The quantitative estimate of drug-likeness (QED) is 0.711. The second-order valence-electron chi connectivity index (χ2n) is 4.23. The summed E-state index contributed by atoms with van der Waals surface area (Å²) in [5.74, 6) is 0. The van der Waals surface area contributed by atoms with Crippen LogP contribution < -0.4 is 10.6 Å². The highest BCUT2D eigenvalue weighted by Gasteiger charge is 2.26. The Kier molecular flexibility index (Phi) is 2.91. The largest absolute Gasteiger partial charge is 0.376 e. The van der Waals surface area contributed by atoms with E-state index in [1.165, 1.54) is 0 Å². The summed E-state index contributed by atoms with van der Waals surface area (Å²) in [6, 6.07) is 0.499. The molecule has 0 aromatic rings. The first-order chi connectivity index (χ1) is 6.75. The molecule has 0 aromatic heterocycles. The minimum atomic E-state index is -0.0458. The van der Waals surface area contributed by atoms with Gasteiger partial charge in [0.15, 0.2) is 0 Å². The van der Waals surface area contributed by atoms with Crippen molar-refractivity contribution in [1.29, 1.82) is 0 Å². The lowest BCUT2D eigenvalue weighted by Gasteiger charge is -2.20. The van der Waals surface area contributed by atoms with Crippen LogP contribution in [0.25, 0.3) is 0 Å². The third-order valence-electron chi connectivity index (χ3n) is 2.79. The normalized spacial score (nSPS) is 28.5. The topological polar surface area (TPSA) is 50.4 Å². The third kappa shape index (κ3) is 2.61. The van der Waals surface area contributed by atoms with Crippen molar-refractivity contribution >= 4 is 6.03 Å². The second kappa shape index (κ2) is 4.17. The predicted molar refractivity (Wildman–Crippen MR) is 53.1 cm³/mol. The molecule has 1 heterocycles. The molecule has 1 saturated heterocycles. The Morgan fingerprint density at radius 1 is 1.43 bits per heavy atom. The molecule has 2 atom stereocenters. The van der Waals surface area contributed by atoms with E-state index >= 15 is 0 Å². The van der Waals surface area contributed by atoms with Gasteiger partial charge in [-0.2, -0.15) is 0 Å². The zero-order chi connectivity index (χ0) is 9.97. The summed E-state index contributed by atoms with van der Waals surface area (Å²) in [7, 11) is 0. The molecule has 80 valence electrons. The number of hydrogen-bond acceptors (Lipinski definition) is 2. The van der Waals surface area contributed by atoms with E-state index in [9.17, 15) is 4.79 Å². The van der Waals surface area contributed by atoms with Crippen LogP contribution in [0.4, 0.5) is 4.79 Å². The molecule has 0 unspecified atom stereocenters. The number of ether oxygens (including phenoxy) is 1. The summed E-state index contributed by atoms with van der Waals surface area (Å²) in [5.41, 5.74) is 0. The van der Waals surface area contributed by atoms with Gasteiger partial charge >= 0.3 is 6.03 Å². The lowest BCUT2D eigenvalue weighted by Crippen LogP contribution is -2.46. The standard InChI is InChI=1S/C10H18N2O2/c1-7(9-3-2-6-14-9)11-10(13)12-8-4-5-8/h7-9H,2-6H2,1H3,(H2,11,12,13)/t7-,9+/m0/s1. The van der Waals surface area contributed by atoms with E-state index in [1.54, 1.807) is 0 Å². The molecule has 4 heteroatoms. The average molecular weight is 198 g/mol. The molecule has 1 aliphatic carbocycles. The summed E-state index contributed by atoms with van der Waals surface area (Å²) in [4.78, 5) is 11.4. The number of amides is 2. The predicted octanol–water partition coefficient (Wildman–Crippen LogP) is 1.02. The van der Waals surface area contributed by atoms with Crippen LogP contribution in [0.2, 0.25) is 0 Å². The first kappa shape index (κ1) is 9.77. The highest BCUT2D eigenvalue weighted by molar-refractivity contribution is 5.74. The number of nitrogens with one attached hydrogen (secondary N) is 2. The van der Waals surface area contributed by atoms with Crippen LogP contribution >= 0.6 is 0 Å². The lowest BCUT2D eigenvalue weighted by atomic mass is 10.1. The maximum Gasteiger partial charge on any atom is 0.315 e. The summed E-state index contributed by atoms with van der Waals surface area (Å²) < 4.78 is 5.49. The Bertz CT molecular complexity index is 210. The van der Waals surface area contributed by atoms with Gasteiger partial charge in [-0.15, -0.1) is 0 Å². The molecule has 0 aromatic carbocycles. The average Bonchev–Trinajstić information content (AvgIpc) is 2.80. The number of carbonyl (C=O) groups is 1. The van der Waals surface area contributed by atoms with Crippen molar-refractivity contribution in [1.82, 2.24) is 10.6 Å². The molecular formula is C10H18N2O2. The molecule has 14 heavy (non-hydrogen) atoms. The summed E-state index contributed by atoms with van der Waals surface area (Å²) in [5, 5.41) is 5.82.